The predicted octanol–water partition coefficient (Wildman–Crippen LogP) is 0.459. The average molecular weight is 237 g/mol. The van der Waals surface area contributed by atoms with Gasteiger partial charge in [-0.1, -0.05) is 6.07 Å². The van der Waals surface area contributed by atoms with Crippen LogP contribution in [0.5, 0.6) is 5.75 Å². The third-order valence-electron chi connectivity index (χ3n) is 2.06. The minimum absolute atomic E-state index is 0.308. The lowest BCUT2D eigenvalue weighted by Crippen LogP contribution is -2.38. The summed E-state index contributed by atoms with van der Waals surface area (Å²) in [4.78, 5) is 21.5. The molecule has 17 heavy (non-hydrogen) atoms. The number of hydrogen-bond acceptors (Lipinski definition) is 4. The van der Waals surface area contributed by atoms with Crippen molar-refractivity contribution < 1.29 is 14.3 Å². The number of imide groups is 1. The van der Waals surface area contributed by atoms with Gasteiger partial charge in [0, 0.05) is 0 Å². The maximum atomic E-state index is 11.1. The molecule has 0 unspecified atom stereocenters. The monoisotopic (exact) mass is 237 g/mol. The standard InChI is InChI=1S/C11H15N3O3/c1-6-3-7(2)10(8(12)4-6)17-5-9(15)14-11(13)16/h3-4H,5,12H2,1-2H3,(H3,13,14,15,16). The Kier molecular flexibility index (Phi) is 3.92. The summed E-state index contributed by atoms with van der Waals surface area (Å²) >= 11 is 0. The molecule has 0 aliphatic rings. The van der Waals surface area contributed by atoms with Crippen LogP contribution < -0.4 is 21.5 Å². The van der Waals surface area contributed by atoms with Crippen molar-refractivity contribution in [3.63, 3.8) is 0 Å². The summed E-state index contributed by atoms with van der Waals surface area (Å²) < 4.78 is 5.24. The van der Waals surface area contributed by atoms with E-state index in [0.29, 0.717) is 11.4 Å². The molecule has 3 amide bonds. The highest BCUT2D eigenvalue weighted by Gasteiger charge is 2.09. The van der Waals surface area contributed by atoms with Crippen molar-refractivity contribution in [1.29, 1.82) is 0 Å². The van der Waals surface area contributed by atoms with E-state index >= 15 is 0 Å². The largest absolute Gasteiger partial charge is 0.481 e. The van der Waals surface area contributed by atoms with Gasteiger partial charge in [0.1, 0.15) is 5.75 Å². The van der Waals surface area contributed by atoms with Gasteiger partial charge < -0.3 is 16.2 Å². The van der Waals surface area contributed by atoms with E-state index in [1.807, 2.05) is 25.2 Å². The van der Waals surface area contributed by atoms with Gasteiger partial charge >= 0.3 is 6.03 Å². The van der Waals surface area contributed by atoms with Crippen LogP contribution in [0.4, 0.5) is 10.5 Å². The van der Waals surface area contributed by atoms with Crippen molar-refractivity contribution in [1.82, 2.24) is 5.32 Å². The lowest BCUT2D eigenvalue weighted by atomic mass is 10.1. The predicted molar refractivity (Wildman–Crippen MR) is 63.5 cm³/mol. The van der Waals surface area contributed by atoms with Gasteiger partial charge in [0.05, 0.1) is 5.69 Å². The smallest absolute Gasteiger partial charge is 0.318 e. The number of urea groups is 1. The van der Waals surface area contributed by atoms with Crippen LogP contribution in [0.3, 0.4) is 0 Å². The molecule has 1 aromatic rings. The Labute approximate surface area is 98.9 Å². The van der Waals surface area contributed by atoms with Gasteiger partial charge in [0.15, 0.2) is 6.61 Å². The lowest BCUT2D eigenvalue weighted by Gasteiger charge is -2.12. The zero-order valence-electron chi connectivity index (χ0n) is 9.74. The van der Waals surface area contributed by atoms with Crippen molar-refractivity contribution >= 4 is 17.6 Å². The number of nitrogens with one attached hydrogen (secondary N) is 1. The van der Waals surface area contributed by atoms with Crippen molar-refractivity contribution in [3.05, 3.63) is 23.3 Å². The fraction of sp³-hybridized carbons (Fsp3) is 0.273. The molecule has 0 fully saturated rings. The first-order chi connectivity index (χ1) is 7.90. The van der Waals surface area contributed by atoms with Crippen molar-refractivity contribution in [2.24, 2.45) is 5.73 Å². The Hall–Kier alpha value is -2.24. The van der Waals surface area contributed by atoms with Crippen LogP contribution >= 0.6 is 0 Å². The Bertz CT molecular complexity index is 434. The molecular formula is C11H15N3O3. The summed E-state index contributed by atoms with van der Waals surface area (Å²) in [6.07, 6.45) is 0. The molecule has 0 saturated heterocycles. The molecular weight excluding hydrogens is 222 g/mol. The number of benzene rings is 1. The second-order valence-corrected chi connectivity index (χ2v) is 3.70. The molecule has 0 spiro atoms. The van der Waals surface area contributed by atoms with Crippen LogP contribution in [0.25, 0.3) is 0 Å². The second kappa shape index (κ2) is 5.20. The molecule has 0 aromatic heterocycles. The zero-order valence-corrected chi connectivity index (χ0v) is 9.74. The third kappa shape index (κ3) is 3.67. The minimum atomic E-state index is -0.910. The van der Waals surface area contributed by atoms with E-state index in [1.54, 1.807) is 6.07 Å². The van der Waals surface area contributed by atoms with Gasteiger partial charge in [-0.05, 0) is 31.0 Å². The summed E-state index contributed by atoms with van der Waals surface area (Å²) in [5.74, 6) is -0.174. The van der Waals surface area contributed by atoms with E-state index in [9.17, 15) is 9.59 Å². The van der Waals surface area contributed by atoms with Gasteiger partial charge in [0.25, 0.3) is 5.91 Å². The molecule has 0 atom stereocenters. The summed E-state index contributed by atoms with van der Waals surface area (Å²) in [5.41, 5.74) is 12.8. The minimum Gasteiger partial charge on any atom is -0.481 e. The van der Waals surface area contributed by atoms with Gasteiger partial charge in [0.2, 0.25) is 0 Å². The molecule has 5 N–H and O–H groups in total. The zero-order chi connectivity index (χ0) is 13.0. The fourth-order valence-electron chi connectivity index (χ4n) is 1.50. The maximum absolute atomic E-state index is 11.1. The highest BCUT2D eigenvalue weighted by atomic mass is 16.5. The van der Waals surface area contributed by atoms with Crippen molar-refractivity contribution in [2.45, 2.75) is 13.8 Å². The number of carbonyl (C=O) groups is 2. The number of nitrogen functional groups attached to an aromatic ring is 1. The molecule has 0 radical (unpaired) electrons. The molecule has 0 aliphatic carbocycles. The number of nitrogens with two attached hydrogens (primary N) is 2. The van der Waals surface area contributed by atoms with E-state index in [2.05, 4.69) is 0 Å². The second-order valence-electron chi connectivity index (χ2n) is 3.70. The molecule has 0 saturated carbocycles. The third-order valence-corrected chi connectivity index (χ3v) is 2.06. The first-order valence-corrected chi connectivity index (χ1v) is 4.99. The molecule has 6 heteroatoms. The molecule has 1 aromatic carbocycles. The van der Waals surface area contributed by atoms with E-state index in [-0.39, 0.29) is 6.61 Å². The molecule has 92 valence electrons. The van der Waals surface area contributed by atoms with Gasteiger partial charge in [-0.2, -0.15) is 0 Å². The number of aryl methyl sites for hydroxylation is 2. The number of hydrogen-bond donors (Lipinski definition) is 3. The Balaban J connectivity index is 2.70. The van der Waals surface area contributed by atoms with Gasteiger partial charge in [-0.3, -0.25) is 10.1 Å². The highest BCUT2D eigenvalue weighted by molar-refractivity contribution is 5.94. The number of primary amides is 1. The SMILES string of the molecule is Cc1cc(C)c(OCC(=O)NC(N)=O)c(N)c1. The molecule has 0 heterocycles. The van der Waals surface area contributed by atoms with Gasteiger partial charge in [-0.25, -0.2) is 4.79 Å². The van der Waals surface area contributed by atoms with Crippen molar-refractivity contribution in [2.75, 3.05) is 12.3 Å². The number of carbonyl (C=O) groups excluding carboxylic acids is 2. The Morgan fingerprint density at radius 2 is 2.00 bits per heavy atom. The molecule has 0 bridgehead atoms. The van der Waals surface area contributed by atoms with Crippen molar-refractivity contribution in [3.8, 4) is 5.75 Å². The quantitative estimate of drug-likeness (QED) is 0.663. The number of ether oxygens (including phenoxy) is 1. The van der Waals surface area contributed by atoms with Crippen LogP contribution in [0.15, 0.2) is 12.1 Å². The summed E-state index contributed by atoms with van der Waals surface area (Å²) in [7, 11) is 0. The lowest BCUT2D eigenvalue weighted by molar-refractivity contribution is -0.121. The number of amides is 3. The summed E-state index contributed by atoms with van der Waals surface area (Å²) in [6.45, 7) is 3.43. The highest BCUT2D eigenvalue weighted by Crippen LogP contribution is 2.27. The van der Waals surface area contributed by atoms with E-state index < -0.39 is 11.9 Å². The topological polar surface area (TPSA) is 107 Å². The van der Waals surface area contributed by atoms with Crippen LogP contribution in [0, 0.1) is 13.8 Å². The van der Waals surface area contributed by atoms with Crippen LogP contribution in [0.2, 0.25) is 0 Å². The first kappa shape index (κ1) is 12.8. The van der Waals surface area contributed by atoms with E-state index in [0.717, 1.165) is 11.1 Å². The van der Waals surface area contributed by atoms with E-state index in [1.165, 1.54) is 0 Å². The summed E-state index contributed by atoms with van der Waals surface area (Å²) in [6, 6.07) is 2.72. The normalized spacial score (nSPS) is 9.76. The number of anilines is 1. The average Bonchev–Trinajstić information content (AvgIpc) is 2.14. The Morgan fingerprint density at radius 3 is 2.53 bits per heavy atom. The molecule has 6 nitrogen and oxygen atoms in total. The van der Waals surface area contributed by atoms with Crippen LogP contribution in [0.1, 0.15) is 11.1 Å². The fourth-order valence-corrected chi connectivity index (χ4v) is 1.50. The summed E-state index contributed by atoms with van der Waals surface area (Å²) in [5, 5.41) is 1.90. The number of rotatable bonds is 3. The molecule has 1 rings (SSSR count). The van der Waals surface area contributed by atoms with Crippen LogP contribution in [-0.4, -0.2) is 18.5 Å². The van der Waals surface area contributed by atoms with E-state index in [4.69, 9.17) is 16.2 Å². The maximum Gasteiger partial charge on any atom is 0.318 e. The van der Waals surface area contributed by atoms with Gasteiger partial charge in [-0.15, -0.1) is 0 Å². The van der Waals surface area contributed by atoms with Crippen LogP contribution in [-0.2, 0) is 4.79 Å². The Morgan fingerprint density at radius 1 is 1.35 bits per heavy atom. The molecule has 0 aliphatic heterocycles. The first-order valence-electron chi connectivity index (χ1n) is 4.99.